The molecule has 0 radical (unpaired) electrons. The number of aliphatic carboxylic acids is 1. The third kappa shape index (κ3) is 13.4. The van der Waals surface area contributed by atoms with Crippen LogP contribution in [0.5, 0.6) is 0 Å². The Balaban J connectivity index is 2.89. The van der Waals surface area contributed by atoms with Crippen LogP contribution in [0.3, 0.4) is 0 Å². The van der Waals surface area contributed by atoms with Crippen molar-refractivity contribution in [3.8, 4) is 0 Å². The number of hydrogen-bond donors (Lipinski definition) is 1. The first kappa shape index (κ1) is 14.4. The lowest BCUT2D eigenvalue weighted by Crippen LogP contribution is -1.94. The van der Waals surface area contributed by atoms with Crippen molar-refractivity contribution in [1.82, 2.24) is 0 Å². The van der Waals surface area contributed by atoms with E-state index in [1.807, 2.05) is 6.92 Å². The predicted octanol–water partition coefficient (Wildman–Crippen LogP) is 3.23. The summed E-state index contributed by atoms with van der Waals surface area (Å²) >= 11 is 0. The van der Waals surface area contributed by atoms with E-state index < -0.39 is 5.97 Å². The van der Waals surface area contributed by atoms with E-state index in [0.29, 0.717) is 6.42 Å². The van der Waals surface area contributed by atoms with Crippen LogP contribution < -0.4 is 0 Å². The average Bonchev–Trinajstić information content (AvgIpc) is 2.20. The Hall–Kier alpha value is -0.570. The first-order valence-electron chi connectivity index (χ1n) is 6.07. The highest BCUT2D eigenvalue weighted by molar-refractivity contribution is 5.66. The lowest BCUT2D eigenvalue weighted by molar-refractivity contribution is -0.137. The molecule has 1 N–H and O–H groups in total. The van der Waals surface area contributed by atoms with Crippen molar-refractivity contribution >= 4 is 5.97 Å². The third-order valence-corrected chi connectivity index (χ3v) is 2.38. The molecule has 0 rings (SSSR count). The third-order valence-electron chi connectivity index (χ3n) is 2.38. The minimum absolute atomic E-state index is 0.324. The van der Waals surface area contributed by atoms with Gasteiger partial charge in [0.25, 0.3) is 0 Å². The maximum Gasteiger partial charge on any atom is 0.303 e. The molecule has 0 unspecified atom stereocenters. The number of carboxylic acid groups (broad SMARTS) is 1. The maximum absolute atomic E-state index is 10.2. The molecule has 3 heteroatoms. The molecule has 0 fully saturated rings. The van der Waals surface area contributed by atoms with E-state index in [1.54, 1.807) is 0 Å². The van der Waals surface area contributed by atoms with Crippen LogP contribution in [0, 0.1) is 0 Å². The van der Waals surface area contributed by atoms with Gasteiger partial charge in [0.1, 0.15) is 0 Å². The van der Waals surface area contributed by atoms with Gasteiger partial charge in [-0.25, -0.2) is 0 Å². The molecule has 3 nitrogen and oxygen atoms in total. The number of rotatable bonds is 11. The van der Waals surface area contributed by atoms with E-state index in [-0.39, 0.29) is 0 Å². The first-order chi connectivity index (χ1) is 7.27. The van der Waals surface area contributed by atoms with E-state index in [1.165, 1.54) is 25.7 Å². The minimum atomic E-state index is -0.674. The molecule has 0 saturated carbocycles. The predicted molar refractivity (Wildman–Crippen MR) is 61.1 cm³/mol. The Labute approximate surface area is 92.8 Å². The molecule has 0 heterocycles. The van der Waals surface area contributed by atoms with Gasteiger partial charge >= 0.3 is 5.97 Å². The zero-order valence-corrected chi connectivity index (χ0v) is 9.83. The van der Waals surface area contributed by atoms with Gasteiger partial charge in [-0.3, -0.25) is 4.79 Å². The SMILES string of the molecule is CCOCCCCCCCCCC(=O)O. The van der Waals surface area contributed by atoms with E-state index in [4.69, 9.17) is 9.84 Å². The first-order valence-corrected chi connectivity index (χ1v) is 6.07. The van der Waals surface area contributed by atoms with Crippen molar-refractivity contribution < 1.29 is 14.6 Å². The van der Waals surface area contributed by atoms with Crippen molar-refractivity contribution in [1.29, 1.82) is 0 Å². The second-order valence-corrected chi connectivity index (χ2v) is 3.82. The molecule has 0 aromatic heterocycles. The largest absolute Gasteiger partial charge is 0.481 e. The molecule has 0 aliphatic carbocycles. The van der Waals surface area contributed by atoms with Crippen molar-refractivity contribution in [3.63, 3.8) is 0 Å². The molecule has 0 aromatic carbocycles. The normalized spacial score (nSPS) is 10.5. The minimum Gasteiger partial charge on any atom is -0.481 e. The summed E-state index contributed by atoms with van der Waals surface area (Å²) < 4.78 is 5.24. The van der Waals surface area contributed by atoms with Gasteiger partial charge in [0.05, 0.1) is 0 Å². The molecule has 0 aromatic rings. The quantitative estimate of drug-likeness (QED) is 0.539. The van der Waals surface area contributed by atoms with Gasteiger partial charge < -0.3 is 9.84 Å². The molecule has 15 heavy (non-hydrogen) atoms. The second-order valence-electron chi connectivity index (χ2n) is 3.82. The Kier molecular flexibility index (Phi) is 11.1. The van der Waals surface area contributed by atoms with E-state index in [2.05, 4.69) is 0 Å². The molecule has 0 aliphatic heterocycles. The van der Waals surface area contributed by atoms with Gasteiger partial charge in [-0.2, -0.15) is 0 Å². The standard InChI is InChI=1S/C12H24O3/c1-2-15-11-9-7-5-3-4-6-8-10-12(13)14/h2-11H2,1H3,(H,13,14). The van der Waals surface area contributed by atoms with Crippen molar-refractivity contribution in [2.75, 3.05) is 13.2 Å². The molecular formula is C12H24O3. The summed E-state index contributed by atoms with van der Waals surface area (Å²) in [7, 11) is 0. The summed E-state index contributed by atoms with van der Waals surface area (Å²) in [5.74, 6) is -0.674. The van der Waals surface area contributed by atoms with Crippen LogP contribution in [-0.4, -0.2) is 24.3 Å². The smallest absolute Gasteiger partial charge is 0.303 e. The monoisotopic (exact) mass is 216 g/mol. The Morgan fingerprint density at radius 1 is 1.00 bits per heavy atom. The Morgan fingerprint density at radius 2 is 1.53 bits per heavy atom. The lowest BCUT2D eigenvalue weighted by Gasteiger charge is -2.01. The highest BCUT2D eigenvalue weighted by Crippen LogP contribution is 2.08. The summed E-state index contributed by atoms with van der Waals surface area (Å²) in [4.78, 5) is 10.2. The zero-order valence-electron chi connectivity index (χ0n) is 9.83. The zero-order chi connectivity index (χ0) is 11.4. The molecule has 0 spiro atoms. The van der Waals surface area contributed by atoms with Crippen LogP contribution in [0.1, 0.15) is 58.3 Å². The van der Waals surface area contributed by atoms with Gasteiger partial charge in [-0.15, -0.1) is 0 Å². The highest BCUT2D eigenvalue weighted by Gasteiger charge is 1.96. The molecule has 0 bridgehead atoms. The summed E-state index contributed by atoms with van der Waals surface area (Å²) in [5, 5.41) is 8.42. The van der Waals surface area contributed by atoms with E-state index in [9.17, 15) is 4.79 Å². The molecule has 0 atom stereocenters. The van der Waals surface area contributed by atoms with Crippen LogP contribution in [0.25, 0.3) is 0 Å². The molecule has 0 amide bonds. The Bertz CT molecular complexity index is 146. The van der Waals surface area contributed by atoms with E-state index >= 15 is 0 Å². The van der Waals surface area contributed by atoms with Gasteiger partial charge in [0.2, 0.25) is 0 Å². The lowest BCUT2D eigenvalue weighted by atomic mass is 10.1. The van der Waals surface area contributed by atoms with E-state index in [0.717, 1.165) is 32.5 Å². The summed E-state index contributed by atoms with van der Waals surface area (Å²) in [6.45, 7) is 3.72. The molecule has 0 aliphatic rings. The van der Waals surface area contributed by atoms with Gasteiger partial charge in [-0.1, -0.05) is 32.1 Å². The number of unbranched alkanes of at least 4 members (excludes halogenated alkanes) is 6. The van der Waals surface area contributed by atoms with Crippen LogP contribution >= 0.6 is 0 Å². The van der Waals surface area contributed by atoms with Gasteiger partial charge in [0.15, 0.2) is 0 Å². The Morgan fingerprint density at radius 3 is 2.07 bits per heavy atom. The molecule has 0 saturated heterocycles. The fourth-order valence-electron chi connectivity index (χ4n) is 1.51. The van der Waals surface area contributed by atoms with Crippen LogP contribution in [0.15, 0.2) is 0 Å². The van der Waals surface area contributed by atoms with Crippen LogP contribution in [0.4, 0.5) is 0 Å². The summed E-state index contributed by atoms with van der Waals surface area (Å²) in [6, 6.07) is 0. The van der Waals surface area contributed by atoms with Crippen LogP contribution in [-0.2, 0) is 9.53 Å². The average molecular weight is 216 g/mol. The van der Waals surface area contributed by atoms with Crippen molar-refractivity contribution in [2.24, 2.45) is 0 Å². The molecule has 90 valence electrons. The molecular weight excluding hydrogens is 192 g/mol. The second kappa shape index (κ2) is 11.5. The van der Waals surface area contributed by atoms with Gasteiger partial charge in [0, 0.05) is 19.6 Å². The number of ether oxygens (including phenoxy) is 1. The van der Waals surface area contributed by atoms with Crippen molar-refractivity contribution in [3.05, 3.63) is 0 Å². The fraction of sp³-hybridized carbons (Fsp3) is 0.917. The topological polar surface area (TPSA) is 46.5 Å². The van der Waals surface area contributed by atoms with Gasteiger partial charge in [-0.05, 0) is 19.8 Å². The summed E-state index contributed by atoms with van der Waals surface area (Å²) in [6.07, 6.45) is 8.24. The highest BCUT2D eigenvalue weighted by atomic mass is 16.5. The number of hydrogen-bond acceptors (Lipinski definition) is 2. The summed E-state index contributed by atoms with van der Waals surface area (Å²) in [5.41, 5.74) is 0. The maximum atomic E-state index is 10.2. The number of carbonyl (C=O) groups is 1. The fourth-order valence-corrected chi connectivity index (χ4v) is 1.51. The number of carboxylic acids is 1. The van der Waals surface area contributed by atoms with Crippen LogP contribution in [0.2, 0.25) is 0 Å². The van der Waals surface area contributed by atoms with Crippen molar-refractivity contribution in [2.45, 2.75) is 58.3 Å².